The van der Waals surface area contributed by atoms with E-state index >= 15 is 0 Å². The van der Waals surface area contributed by atoms with Crippen molar-refractivity contribution in [2.75, 3.05) is 23.7 Å². The van der Waals surface area contributed by atoms with Gasteiger partial charge in [-0.3, -0.25) is 13.9 Å². The Kier molecular flexibility index (Phi) is 10.2. The van der Waals surface area contributed by atoms with Crippen LogP contribution in [0.25, 0.3) is 0 Å². The minimum absolute atomic E-state index is 0.0579. The van der Waals surface area contributed by atoms with Crippen molar-refractivity contribution in [2.24, 2.45) is 0 Å². The minimum Gasteiger partial charge on any atom is -0.355 e. The summed E-state index contributed by atoms with van der Waals surface area (Å²) in [5, 5.41) is 3.44. The van der Waals surface area contributed by atoms with Gasteiger partial charge in [-0.2, -0.15) is 0 Å². The van der Waals surface area contributed by atoms with Gasteiger partial charge in [-0.15, -0.1) is 0 Å². The average molecular weight is 593 g/mol. The predicted octanol–water partition coefficient (Wildman–Crippen LogP) is 4.77. The molecule has 0 bridgehead atoms. The van der Waals surface area contributed by atoms with Crippen molar-refractivity contribution in [3.8, 4) is 0 Å². The van der Waals surface area contributed by atoms with Gasteiger partial charge in [0.25, 0.3) is 0 Å². The van der Waals surface area contributed by atoms with Gasteiger partial charge in [0.2, 0.25) is 21.8 Å². The minimum atomic E-state index is -3.79. The lowest BCUT2D eigenvalue weighted by molar-refractivity contribution is -0.140. The number of amides is 2. The molecule has 0 aromatic heterocycles. The smallest absolute Gasteiger partial charge is 0.244 e. The number of nitrogens with one attached hydrogen (secondary N) is 1. The molecular weight excluding hydrogens is 565 g/mol. The number of benzene rings is 2. The number of sulfonamides is 1. The highest BCUT2D eigenvalue weighted by molar-refractivity contribution is 9.10. The number of likely N-dealkylation sites (N-methyl/N-ethyl adjacent to an activating group) is 1. The van der Waals surface area contributed by atoms with Gasteiger partial charge >= 0.3 is 0 Å². The first kappa shape index (κ1) is 28.4. The topological polar surface area (TPSA) is 86.8 Å². The molecule has 1 atom stereocenters. The second-order valence-electron chi connectivity index (χ2n) is 7.79. The van der Waals surface area contributed by atoms with Crippen LogP contribution in [-0.2, 0) is 26.2 Å². The van der Waals surface area contributed by atoms with Crippen LogP contribution in [0.3, 0.4) is 0 Å². The maximum Gasteiger partial charge on any atom is 0.244 e. The van der Waals surface area contributed by atoms with Crippen LogP contribution in [0.15, 0.2) is 40.9 Å². The molecule has 2 aromatic rings. The molecule has 1 N–H and O–H groups in total. The molecule has 0 saturated carbocycles. The van der Waals surface area contributed by atoms with E-state index in [9.17, 15) is 18.0 Å². The van der Waals surface area contributed by atoms with Gasteiger partial charge < -0.3 is 10.2 Å². The van der Waals surface area contributed by atoms with Crippen LogP contribution in [0.4, 0.5) is 5.69 Å². The number of carbonyl (C=O) groups excluding carboxylic acids is 2. The van der Waals surface area contributed by atoms with E-state index in [0.717, 1.165) is 20.6 Å². The number of anilines is 1. The number of aryl methyl sites for hydroxylation is 1. The van der Waals surface area contributed by atoms with Gasteiger partial charge in [0.05, 0.1) is 22.0 Å². The summed E-state index contributed by atoms with van der Waals surface area (Å²) in [5.74, 6) is -0.834. The summed E-state index contributed by atoms with van der Waals surface area (Å²) in [6, 6.07) is 9.19. The fourth-order valence-corrected chi connectivity index (χ4v) is 4.85. The van der Waals surface area contributed by atoms with E-state index in [1.165, 1.54) is 4.90 Å². The second-order valence-corrected chi connectivity index (χ2v) is 11.4. The Labute approximate surface area is 219 Å². The molecule has 2 aromatic carbocycles. The normalized spacial score (nSPS) is 12.2. The second kappa shape index (κ2) is 12.2. The van der Waals surface area contributed by atoms with Gasteiger partial charge in [0, 0.05) is 17.6 Å². The fourth-order valence-electron chi connectivity index (χ4n) is 3.44. The largest absolute Gasteiger partial charge is 0.355 e. The summed E-state index contributed by atoms with van der Waals surface area (Å²) < 4.78 is 27.1. The van der Waals surface area contributed by atoms with Gasteiger partial charge in [-0.05, 0) is 61.7 Å². The van der Waals surface area contributed by atoms with Crippen LogP contribution in [0.2, 0.25) is 10.0 Å². The van der Waals surface area contributed by atoms with Crippen LogP contribution in [0, 0.1) is 6.92 Å². The first-order valence-electron chi connectivity index (χ1n) is 10.6. The van der Waals surface area contributed by atoms with Crippen LogP contribution in [0.5, 0.6) is 0 Å². The van der Waals surface area contributed by atoms with Crippen LogP contribution < -0.4 is 9.62 Å². The van der Waals surface area contributed by atoms with E-state index in [1.54, 1.807) is 50.2 Å². The zero-order valence-electron chi connectivity index (χ0n) is 19.4. The number of nitrogens with zero attached hydrogens (tertiary/aromatic N) is 2. The Morgan fingerprint density at radius 3 is 2.29 bits per heavy atom. The number of carbonyl (C=O) groups is 2. The molecule has 2 amide bonds. The van der Waals surface area contributed by atoms with Crippen molar-refractivity contribution in [2.45, 2.75) is 39.8 Å². The summed E-state index contributed by atoms with van der Waals surface area (Å²) in [4.78, 5) is 27.7. The van der Waals surface area contributed by atoms with E-state index in [1.807, 2.05) is 6.92 Å². The molecule has 0 radical (unpaired) electrons. The van der Waals surface area contributed by atoms with Crippen LogP contribution in [0.1, 0.15) is 31.4 Å². The Morgan fingerprint density at radius 1 is 1.09 bits per heavy atom. The maximum atomic E-state index is 13.6. The van der Waals surface area contributed by atoms with Gasteiger partial charge in [-0.25, -0.2) is 8.42 Å². The highest BCUT2D eigenvalue weighted by Crippen LogP contribution is 2.26. The molecular formula is C23H28BrCl2N3O4S. The number of hydrogen-bond donors (Lipinski definition) is 1. The summed E-state index contributed by atoms with van der Waals surface area (Å²) >= 11 is 15.6. The Bertz CT molecular complexity index is 1160. The lowest BCUT2D eigenvalue weighted by Crippen LogP contribution is -2.52. The molecule has 0 spiro atoms. The first-order chi connectivity index (χ1) is 15.9. The van der Waals surface area contributed by atoms with Gasteiger partial charge in [0.15, 0.2) is 0 Å². The summed E-state index contributed by atoms with van der Waals surface area (Å²) in [7, 11) is -3.79. The van der Waals surface area contributed by atoms with Crippen molar-refractivity contribution >= 4 is 66.7 Å². The van der Waals surface area contributed by atoms with E-state index in [0.29, 0.717) is 34.3 Å². The molecule has 1 unspecified atom stereocenters. The molecule has 7 nitrogen and oxygen atoms in total. The maximum absolute atomic E-state index is 13.6. The van der Waals surface area contributed by atoms with E-state index < -0.39 is 28.5 Å². The summed E-state index contributed by atoms with van der Waals surface area (Å²) in [5.41, 5.74) is 1.84. The summed E-state index contributed by atoms with van der Waals surface area (Å²) in [6.45, 7) is 5.41. The third-order valence-electron chi connectivity index (χ3n) is 5.18. The third-order valence-corrected chi connectivity index (χ3v) is 7.95. The molecule has 186 valence electrons. The molecule has 34 heavy (non-hydrogen) atoms. The van der Waals surface area contributed by atoms with Gasteiger partial charge in [0.1, 0.15) is 12.6 Å². The number of halogens is 3. The fraction of sp³-hybridized carbons (Fsp3) is 0.391. The summed E-state index contributed by atoms with van der Waals surface area (Å²) in [6.07, 6.45) is 1.39. The lowest BCUT2D eigenvalue weighted by Gasteiger charge is -2.33. The Hall–Kier alpha value is -1.81. The zero-order valence-corrected chi connectivity index (χ0v) is 23.4. The molecule has 0 fully saturated rings. The SMILES string of the molecule is CCNC(=O)C(CC)N(Cc1ccc(Cl)c(Cl)c1)C(=O)CN(c1ccc(Br)c(C)c1)S(C)(=O)=O. The zero-order chi connectivity index (χ0) is 25.6. The molecule has 0 heterocycles. The first-order valence-corrected chi connectivity index (χ1v) is 14.0. The molecule has 0 aliphatic rings. The van der Waals surface area contributed by atoms with E-state index in [4.69, 9.17) is 23.2 Å². The highest BCUT2D eigenvalue weighted by atomic mass is 79.9. The Morgan fingerprint density at radius 2 is 1.76 bits per heavy atom. The number of hydrogen-bond acceptors (Lipinski definition) is 4. The molecule has 11 heteroatoms. The van der Waals surface area contributed by atoms with Crippen LogP contribution in [-0.4, -0.2) is 50.5 Å². The van der Waals surface area contributed by atoms with Crippen molar-refractivity contribution in [1.82, 2.24) is 10.2 Å². The predicted molar refractivity (Wildman–Crippen MR) is 141 cm³/mol. The standard InChI is InChI=1S/C23H28BrCl2N3O4S/c1-5-21(23(31)27-6-2)28(13-16-7-10-19(25)20(26)12-16)22(30)14-29(34(4,32)33)17-8-9-18(24)15(3)11-17/h7-12,21H,5-6,13-14H2,1-4H3,(H,27,31). The molecule has 2 rings (SSSR count). The number of rotatable bonds is 10. The lowest BCUT2D eigenvalue weighted by atomic mass is 10.1. The van der Waals surface area contributed by atoms with Gasteiger partial charge in [-0.1, -0.05) is 52.1 Å². The molecule has 0 aliphatic carbocycles. The van der Waals surface area contributed by atoms with Crippen molar-refractivity contribution in [1.29, 1.82) is 0 Å². The Balaban J connectivity index is 2.47. The van der Waals surface area contributed by atoms with E-state index in [-0.39, 0.29) is 12.5 Å². The quantitative estimate of drug-likeness (QED) is 0.430. The van der Waals surface area contributed by atoms with Crippen LogP contribution >= 0.6 is 39.1 Å². The highest BCUT2D eigenvalue weighted by Gasteiger charge is 2.31. The monoisotopic (exact) mass is 591 g/mol. The van der Waals surface area contributed by atoms with Crippen molar-refractivity contribution in [3.05, 3.63) is 62.0 Å². The average Bonchev–Trinajstić information content (AvgIpc) is 2.75. The van der Waals surface area contributed by atoms with Crippen molar-refractivity contribution < 1.29 is 18.0 Å². The molecule has 0 saturated heterocycles. The van der Waals surface area contributed by atoms with E-state index in [2.05, 4.69) is 21.2 Å². The molecule has 0 aliphatic heterocycles. The van der Waals surface area contributed by atoms with Crippen molar-refractivity contribution in [3.63, 3.8) is 0 Å². The third kappa shape index (κ3) is 7.34.